The van der Waals surface area contributed by atoms with E-state index in [1.54, 1.807) is 0 Å². The summed E-state index contributed by atoms with van der Waals surface area (Å²) in [6.07, 6.45) is -4.82. The molecule has 0 aliphatic carbocycles. The van der Waals surface area contributed by atoms with Gasteiger partial charge in [0.1, 0.15) is 0 Å². The molecule has 0 saturated carbocycles. The standard InChI is InChI=1S/C14H21F3N2O/c1-10(18-8-13(20)9-19(2)3)11-4-6-12(7-5-11)14(15,16)17/h4-7,10,13,18,20H,8-9H2,1-3H3. The van der Waals surface area contributed by atoms with E-state index in [1.807, 2.05) is 25.9 Å². The first kappa shape index (κ1) is 16.9. The molecule has 0 bridgehead atoms. The minimum Gasteiger partial charge on any atom is -0.390 e. The van der Waals surface area contributed by atoms with Crippen LogP contribution < -0.4 is 5.32 Å². The Hall–Kier alpha value is -1.11. The Morgan fingerprint density at radius 1 is 1.20 bits per heavy atom. The van der Waals surface area contributed by atoms with Gasteiger partial charge >= 0.3 is 6.18 Å². The van der Waals surface area contributed by atoms with Crippen molar-refractivity contribution in [2.24, 2.45) is 0 Å². The zero-order valence-corrected chi connectivity index (χ0v) is 11.9. The van der Waals surface area contributed by atoms with Crippen LogP contribution in [0, 0.1) is 0 Å². The molecule has 0 saturated heterocycles. The summed E-state index contributed by atoms with van der Waals surface area (Å²) >= 11 is 0. The number of alkyl halides is 3. The van der Waals surface area contributed by atoms with E-state index in [0.717, 1.165) is 17.7 Å². The summed E-state index contributed by atoms with van der Waals surface area (Å²) in [5.74, 6) is 0. The maximum absolute atomic E-state index is 12.4. The summed E-state index contributed by atoms with van der Waals surface area (Å²) in [6, 6.07) is 4.94. The van der Waals surface area contributed by atoms with Crippen molar-refractivity contribution in [1.82, 2.24) is 10.2 Å². The lowest BCUT2D eigenvalue weighted by Crippen LogP contribution is -2.36. The van der Waals surface area contributed by atoms with Gasteiger partial charge in [0.2, 0.25) is 0 Å². The predicted octanol–water partition coefficient (Wildman–Crippen LogP) is 2.28. The normalized spacial score (nSPS) is 15.4. The van der Waals surface area contributed by atoms with E-state index in [2.05, 4.69) is 5.32 Å². The Morgan fingerprint density at radius 2 is 1.75 bits per heavy atom. The van der Waals surface area contributed by atoms with Crippen LogP contribution in [0.4, 0.5) is 13.2 Å². The number of nitrogens with one attached hydrogen (secondary N) is 1. The highest BCUT2D eigenvalue weighted by Gasteiger charge is 2.30. The number of aliphatic hydroxyl groups is 1. The van der Waals surface area contributed by atoms with Crippen LogP contribution in [-0.4, -0.2) is 43.3 Å². The highest BCUT2D eigenvalue weighted by Crippen LogP contribution is 2.29. The first-order valence-electron chi connectivity index (χ1n) is 6.43. The van der Waals surface area contributed by atoms with Gasteiger partial charge in [-0.2, -0.15) is 13.2 Å². The van der Waals surface area contributed by atoms with E-state index >= 15 is 0 Å². The SMILES string of the molecule is CC(NCC(O)CN(C)C)c1ccc(C(F)(F)F)cc1. The summed E-state index contributed by atoms with van der Waals surface area (Å²) in [4.78, 5) is 1.87. The van der Waals surface area contributed by atoms with Gasteiger partial charge in [-0.15, -0.1) is 0 Å². The zero-order chi connectivity index (χ0) is 15.3. The minimum absolute atomic E-state index is 0.117. The molecule has 1 rings (SSSR count). The molecule has 0 heterocycles. The number of aliphatic hydroxyl groups excluding tert-OH is 1. The molecule has 0 aliphatic rings. The number of rotatable bonds is 6. The van der Waals surface area contributed by atoms with E-state index in [-0.39, 0.29) is 6.04 Å². The molecule has 114 valence electrons. The van der Waals surface area contributed by atoms with Gasteiger partial charge in [0, 0.05) is 19.1 Å². The number of hydrogen-bond donors (Lipinski definition) is 2. The number of hydrogen-bond acceptors (Lipinski definition) is 3. The third kappa shape index (κ3) is 5.48. The monoisotopic (exact) mass is 290 g/mol. The molecular weight excluding hydrogens is 269 g/mol. The van der Waals surface area contributed by atoms with E-state index in [0.29, 0.717) is 13.1 Å². The van der Waals surface area contributed by atoms with E-state index < -0.39 is 17.8 Å². The van der Waals surface area contributed by atoms with Crippen molar-refractivity contribution in [3.8, 4) is 0 Å². The average molecular weight is 290 g/mol. The minimum atomic E-state index is -4.31. The van der Waals surface area contributed by atoms with Gasteiger partial charge in [-0.1, -0.05) is 12.1 Å². The van der Waals surface area contributed by atoms with Gasteiger partial charge in [0.15, 0.2) is 0 Å². The lowest BCUT2D eigenvalue weighted by atomic mass is 10.1. The van der Waals surface area contributed by atoms with Crippen LogP contribution in [0.25, 0.3) is 0 Å². The van der Waals surface area contributed by atoms with Crippen molar-refractivity contribution >= 4 is 0 Å². The van der Waals surface area contributed by atoms with Crippen LogP contribution in [0.3, 0.4) is 0 Å². The number of nitrogens with zero attached hydrogens (tertiary/aromatic N) is 1. The lowest BCUT2D eigenvalue weighted by Gasteiger charge is -2.20. The van der Waals surface area contributed by atoms with Gasteiger partial charge in [0.25, 0.3) is 0 Å². The van der Waals surface area contributed by atoms with E-state index in [4.69, 9.17) is 0 Å². The highest BCUT2D eigenvalue weighted by molar-refractivity contribution is 5.26. The highest BCUT2D eigenvalue weighted by atomic mass is 19.4. The Balaban J connectivity index is 2.54. The first-order chi connectivity index (χ1) is 9.20. The number of benzene rings is 1. The van der Waals surface area contributed by atoms with Gasteiger partial charge in [0.05, 0.1) is 11.7 Å². The lowest BCUT2D eigenvalue weighted by molar-refractivity contribution is -0.137. The summed E-state index contributed by atoms with van der Waals surface area (Å²) in [6.45, 7) is 2.78. The summed E-state index contributed by atoms with van der Waals surface area (Å²) in [7, 11) is 3.73. The van der Waals surface area contributed by atoms with Crippen molar-refractivity contribution in [3.63, 3.8) is 0 Å². The average Bonchev–Trinajstić information content (AvgIpc) is 2.34. The quantitative estimate of drug-likeness (QED) is 0.844. The molecule has 0 fully saturated rings. The molecule has 0 aromatic heterocycles. The zero-order valence-electron chi connectivity index (χ0n) is 11.9. The Morgan fingerprint density at radius 3 is 2.20 bits per heavy atom. The molecule has 2 unspecified atom stereocenters. The largest absolute Gasteiger partial charge is 0.416 e. The van der Waals surface area contributed by atoms with Crippen LogP contribution >= 0.6 is 0 Å². The fraction of sp³-hybridized carbons (Fsp3) is 0.571. The topological polar surface area (TPSA) is 35.5 Å². The first-order valence-corrected chi connectivity index (χ1v) is 6.43. The Bertz CT molecular complexity index is 404. The van der Waals surface area contributed by atoms with Crippen molar-refractivity contribution in [2.75, 3.05) is 27.2 Å². The number of likely N-dealkylation sites (N-methyl/N-ethyl adjacent to an activating group) is 1. The fourth-order valence-electron chi connectivity index (χ4n) is 1.88. The molecule has 1 aromatic carbocycles. The fourth-order valence-corrected chi connectivity index (χ4v) is 1.88. The molecule has 20 heavy (non-hydrogen) atoms. The van der Waals surface area contributed by atoms with Gasteiger partial charge in [-0.05, 0) is 38.7 Å². The van der Waals surface area contributed by atoms with Crippen molar-refractivity contribution in [1.29, 1.82) is 0 Å². The third-order valence-corrected chi connectivity index (χ3v) is 2.97. The van der Waals surface area contributed by atoms with Crippen LogP contribution in [0.1, 0.15) is 24.1 Å². The third-order valence-electron chi connectivity index (χ3n) is 2.97. The Labute approximate surface area is 117 Å². The summed E-state index contributed by atoms with van der Waals surface area (Å²) < 4.78 is 37.3. The summed E-state index contributed by atoms with van der Waals surface area (Å²) in [5, 5.41) is 12.8. The predicted molar refractivity (Wildman–Crippen MR) is 72.4 cm³/mol. The van der Waals surface area contributed by atoms with Gasteiger partial charge in [-0.3, -0.25) is 0 Å². The molecule has 2 N–H and O–H groups in total. The van der Waals surface area contributed by atoms with Crippen LogP contribution in [0.2, 0.25) is 0 Å². The van der Waals surface area contributed by atoms with Gasteiger partial charge in [-0.25, -0.2) is 0 Å². The van der Waals surface area contributed by atoms with Gasteiger partial charge < -0.3 is 15.3 Å². The maximum Gasteiger partial charge on any atom is 0.416 e. The Kier molecular flexibility index (Phi) is 5.98. The second kappa shape index (κ2) is 7.06. The molecule has 0 spiro atoms. The smallest absolute Gasteiger partial charge is 0.390 e. The molecule has 6 heteroatoms. The molecular formula is C14H21F3N2O. The van der Waals surface area contributed by atoms with E-state index in [1.165, 1.54) is 12.1 Å². The second-order valence-electron chi connectivity index (χ2n) is 5.17. The van der Waals surface area contributed by atoms with Crippen LogP contribution in [0.5, 0.6) is 0 Å². The molecule has 1 aromatic rings. The van der Waals surface area contributed by atoms with Crippen LogP contribution in [0.15, 0.2) is 24.3 Å². The second-order valence-corrected chi connectivity index (χ2v) is 5.17. The van der Waals surface area contributed by atoms with Crippen LogP contribution in [-0.2, 0) is 6.18 Å². The molecule has 0 aliphatic heterocycles. The van der Waals surface area contributed by atoms with Crippen molar-refractivity contribution in [2.45, 2.75) is 25.2 Å². The summed E-state index contributed by atoms with van der Waals surface area (Å²) in [5.41, 5.74) is 0.108. The maximum atomic E-state index is 12.4. The molecule has 3 nitrogen and oxygen atoms in total. The molecule has 0 radical (unpaired) electrons. The van der Waals surface area contributed by atoms with E-state index in [9.17, 15) is 18.3 Å². The number of halogens is 3. The molecule has 2 atom stereocenters. The van der Waals surface area contributed by atoms with Crippen molar-refractivity contribution in [3.05, 3.63) is 35.4 Å². The molecule has 0 amide bonds. The van der Waals surface area contributed by atoms with Crippen molar-refractivity contribution < 1.29 is 18.3 Å².